The predicted octanol–water partition coefficient (Wildman–Crippen LogP) is 1.23. The highest BCUT2D eigenvalue weighted by molar-refractivity contribution is 5.16. The maximum Gasteiger partial charge on any atom is 0.261 e. The van der Waals surface area contributed by atoms with Crippen LogP contribution < -0.4 is 5.73 Å². The largest absolute Gasteiger partial charge is 0.375 e. The average molecular weight is 246 g/mol. The predicted molar refractivity (Wildman–Crippen MR) is 58.8 cm³/mol. The van der Waals surface area contributed by atoms with E-state index in [2.05, 4.69) is 15.0 Å². The molecule has 7 heteroatoms. The quantitative estimate of drug-likeness (QED) is 0.732. The van der Waals surface area contributed by atoms with Crippen LogP contribution in [0.1, 0.15) is 25.0 Å². The van der Waals surface area contributed by atoms with Gasteiger partial charge in [-0.3, -0.25) is 0 Å². The van der Waals surface area contributed by atoms with Crippen LogP contribution in [-0.2, 0) is 17.6 Å². The number of nitrogen functional groups attached to an aromatic ring is 1. The molecule has 0 aliphatic heterocycles. The summed E-state index contributed by atoms with van der Waals surface area (Å²) in [6.07, 6.45) is -0.465. The zero-order valence-electron chi connectivity index (χ0n) is 9.70. The molecule has 1 aromatic heterocycles. The van der Waals surface area contributed by atoms with Crippen LogP contribution in [0.25, 0.3) is 0 Å². The van der Waals surface area contributed by atoms with Crippen LogP contribution in [0.4, 0.5) is 14.7 Å². The van der Waals surface area contributed by atoms with Gasteiger partial charge in [0.1, 0.15) is 18.3 Å². The average Bonchev–Trinajstić information content (AvgIpc) is 2.24. The van der Waals surface area contributed by atoms with Crippen LogP contribution in [0, 0.1) is 0 Å². The van der Waals surface area contributed by atoms with Crippen LogP contribution >= 0.6 is 0 Å². The number of nitrogens with zero attached hydrogens (tertiary/aromatic N) is 3. The Morgan fingerprint density at radius 3 is 2.41 bits per heavy atom. The monoisotopic (exact) mass is 246 g/mol. The fourth-order valence-electron chi connectivity index (χ4n) is 1.27. The van der Waals surface area contributed by atoms with E-state index >= 15 is 0 Å². The molecule has 0 bridgehead atoms. The highest BCUT2D eigenvalue weighted by Crippen LogP contribution is 2.02. The molecular formula is C10H16F2N4O. The van der Waals surface area contributed by atoms with Gasteiger partial charge in [-0.15, -0.1) is 0 Å². The summed E-state index contributed by atoms with van der Waals surface area (Å²) in [4.78, 5) is 12.1. The summed E-state index contributed by atoms with van der Waals surface area (Å²) in [6, 6.07) is 0. The molecule has 0 aromatic carbocycles. The van der Waals surface area contributed by atoms with Crippen LogP contribution in [0.3, 0.4) is 0 Å². The van der Waals surface area contributed by atoms with E-state index in [1.54, 1.807) is 0 Å². The summed E-state index contributed by atoms with van der Waals surface area (Å²) >= 11 is 0. The number of hydrogen-bond donors (Lipinski definition) is 1. The Balaban J connectivity index is 2.46. The summed E-state index contributed by atoms with van der Waals surface area (Å²) in [7, 11) is 0. The third-order valence-electron chi connectivity index (χ3n) is 1.93. The van der Waals surface area contributed by atoms with Crippen molar-refractivity contribution in [2.45, 2.75) is 32.6 Å². The molecule has 5 nitrogen and oxygen atoms in total. The number of rotatable bonds is 7. The molecule has 0 radical (unpaired) electrons. The normalized spacial score (nSPS) is 11.1. The van der Waals surface area contributed by atoms with Crippen LogP contribution in [0.5, 0.6) is 0 Å². The highest BCUT2D eigenvalue weighted by atomic mass is 19.3. The Bertz CT molecular complexity index is 349. The number of nitrogens with two attached hydrogens (primary N) is 1. The van der Waals surface area contributed by atoms with Gasteiger partial charge in [0.05, 0.1) is 6.61 Å². The van der Waals surface area contributed by atoms with Crippen LogP contribution in [0.15, 0.2) is 0 Å². The van der Waals surface area contributed by atoms with Gasteiger partial charge in [-0.05, 0) is 6.42 Å². The van der Waals surface area contributed by atoms with Crippen molar-refractivity contribution in [3.8, 4) is 0 Å². The van der Waals surface area contributed by atoms with E-state index in [1.807, 2.05) is 6.92 Å². The standard InChI is InChI=1S/C10H16F2N4O/c1-2-3-8-14-9(16-10(13)15-8)4-5-17-6-7(11)12/h7H,2-6H2,1H3,(H2,13,14,15,16). The van der Waals surface area contributed by atoms with Gasteiger partial charge in [-0.2, -0.15) is 9.97 Å². The Morgan fingerprint density at radius 1 is 1.18 bits per heavy atom. The van der Waals surface area contributed by atoms with Crippen molar-refractivity contribution in [2.24, 2.45) is 0 Å². The number of aryl methyl sites for hydroxylation is 1. The van der Waals surface area contributed by atoms with E-state index in [1.165, 1.54) is 0 Å². The zero-order chi connectivity index (χ0) is 12.7. The van der Waals surface area contributed by atoms with Crippen molar-refractivity contribution >= 4 is 5.95 Å². The Kier molecular flexibility index (Phi) is 5.68. The first-order valence-electron chi connectivity index (χ1n) is 5.47. The zero-order valence-corrected chi connectivity index (χ0v) is 9.70. The van der Waals surface area contributed by atoms with Crippen molar-refractivity contribution in [2.75, 3.05) is 18.9 Å². The minimum Gasteiger partial charge on any atom is -0.375 e. The molecule has 0 saturated heterocycles. The molecule has 96 valence electrons. The molecule has 1 rings (SSSR count). The molecule has 0 saturated carbocycles. The molecule has 0 fully saturated rings. The second-order valence-corrected chi connectivity index (χ2v) is 3.49. The molecular weight excluding hydrogens is 230 g/mol. The lowest BCUT2D eigenvalue weighted by molar-refractivity contribution is 0.0182. The van der Waals surface area contributed by atoms with Crippen LogP contribution in [-0.4, -0.2) is 34.6 Å². The smallest absolute Gasteiger partial charge is 0.261 e. The molecule has 2 N–H and O–H groups in total. The van der Waals surface area contributed by atoms with Crippen molar-refractivity contribution in [1.29, 1.82) is 0 Å². The third-order valence-corrected chi connectivity index (χ3v) is 1.93. The van der Waals surface area contributed by atoms with Gasteiger partial charge in [0.25, 0.3) is 6.43 Å². The molecule has 0 atom stereocenters. The summed E-state index contributed by atoms with van der Waals surface area (Å²) in [5.41, 5.74) is 5.52. The first-order valence-corrected chi connectivity index (χ1v) is 5.47. The molecule has 0 aliphatic rings. The van der Waals surface area contributed by atoms with E-state index in [-0.39, 0.29) is 12.6 Å². The van der Waals surface area contributed by atoms with E-state index < -0.39 is 13.0 Å². The van der Waals surface area contributed by atoms with Gasteiger partial charge >= 0.3 is 0 Å². The van der Waals surface area contributed by atoms with Crippen molar-refractivity contribution < 1.29 is 13.5 Å². The summed E-state index contributed by atoms with van der Waals surface area (Å²) < 4.78 is 28.4. The topological polar surface area (TPSA) is 73.9 Å². The maximum absolute atomic E-state index is 11.8. The Hall–Kier alpha value is -1.37. The van der Waals surface area contributed by atoms with E-state index in [9.17, 15) is 8.78 Å². The number of halogens is 2. The number of hydrogen-bond acceptors (Lipinski definition) is 5. The first-order chi connectivity index (χ1) is 8.11. The Labute approximate surface area is 98.4 Å². The lowest BCUT2D eigenvalue weighted by atomic mass is 10.3. The van der Waals surface area contributed by atoms with Crippen molar-refractivity contribution in [3.05, 3.63) is 11.6 Å². The van der Waals surface area contributed by atoms with Gasteiger partial charge in [-0.1, -0.05) is 6.92 Å². The molecule has 0 unspecified atom stereocenters. The van der Waals surface area contributed by atoms with Crippen molar-refractivity contribution in [3.63, 3.8) is 0 Å². The second kappa shape index (κ2) is 7.05. The molecule has 0 spiro atoms. The first kappa shape index (κ1) is 13.7. The lowest BCUT2D eigenvalue weighted by Crippen LogP contribution is -2.11. The van der Waals surface area contributed by atoms with Gasteiger partial charge in [-0.25, -0.2) is 13.8 Å². The molecule has 1 heterocycles. The summed E-state index contributed by atoms with van der Waals surface area (Å²) in [5.74, 6) is 1.27. The number of aromatic nitrogens is 3. The molecule has 17 heavy (non-hydrogen) atoms. The highest BCUT2D eigenvalue weighted by Gasteiger charge is 2.05. The SMILES string of the molecule is CCCc1nc(N)nc(CCOCC(F)F)n1. The maximum atomic E-state index is 11.8. The molecule has 1 aromatic rings. The Morgan fingerprint density at radius 2 is 1.82 bits per heavy atom. The number of ether oxygens (including phenoxy) is 1. The minimum absolute atomic E-state index is 0.152. The van der Waals surface area contributed by atoms with Gasteiger partial charge in [0.2, 0.25) is 5.95 Å². The third kappa shape index (κ3) is 5.48. The van der Waals surface area contributed by atoms with Crippen molar-refractivity contribution in [1.82, 2.24) is 15.0 Å². The van der Waals surface area contributed by atoms with Gasteiger partial charge in [0, 0.05) is 12.8 Å². The van der Waals surface area contributed by atoms with E-state index in [4.69, 9.17) is 10.5 Å². The van der Waals surface area contributed by atoms with Gasteiger partial charge in [0.15, 0.2) is 0 Å². The lowest BCUT2D eigenvalue weighted by Gasteiger charge is -2.05. The van der Waals surface area contributed by atoms with Gasteiger partial charge < -0.3 is 10.5 Å². The van der Waals surface area contributed by atoms with E-state index in [0.29, 0.717) is 18.1 Å². The fraction of sp³-hybridized carbons (Fsp3) is 0.700. The molecule has 0 amide bonds. The van der Waals surface area contributed by atoms with Crippen LogP contribution in [0.2, 0.25) is 0 Å². The minimum atomic E-state index is -2.45. The molecule has 0 aliphatic carbocycles. The number of alkyl halides is 2. The fourth-order valence-corrected chi connectivity index (χ4v) is 1.27. The second-order valence-electron chi connectivity index (χ2n) is 3.49. The number of anilines is 1. The summed E-state index contributed by atoms with van der Waals surface area (Å²) in [6.45, 7) is 1.59. The summed E-state index contributed by atoms with van der Waals surface area (Å²) in [5, 5.41) is 0. The van der Waals surface area contributed by atoms with E-state index in [0.717, 1.165) is 12.8 Å².